The lowest BCUT2D eigenvalue weighted by molar-refractivity contribution is -0.121. The van der Waals surface area contributed by atoms with Gasteiger partial charge in [0, 0.05) is 6.54 Å². The molecule has 1 aliphatic heterocycles. The van der Waals surface area contributed by atoms with Gasteiger partial charge in [-0.25, -0.2) is 0 Å². The molecule has 7 heteroatoms. The lowest BCUT2D eigenvalue weighted by atomic mass is 10.2. The smallest absolute Gasteiger partial charge is 0.266 e. The van der Waals surface area contributed by atoms with Gasteiger partial charge in [-0.15, -0.1) is 13.0 Å². The zero-order chi connectivity index (χ0) is 18.4. The summed E-state index contributed by atoms with van der Waals surface area (Å²) in [5.74, 6) is 3.39. The summed E-state index contributed by atoms with van der Waals surface area (Å²) in [5, 5.41) is 0. The third kappa shape index (κ3) is 4.66. The number of carbonyl (C=O) groups excluding carboxylic acids is 1. The van der Waals surface area contributed by atoms with Gasteiger partial charge in [-0.05, 0) is 46.6 Å². The van der Waals surface area contributed by atoms with Crippen molar-refractivity contribution >= 4 is 56.2 Å². The summed E-state index contributed by atoms with van der Waals surface area (Å²) in [6, 6.07) is 3.65. The number of halogens is 1. The number of thiocarbonyl (C=S) groups is 1. The lowest BCUT2D eigenvalue weighted by Gasteiger charge is -2.13. The normalized spacial score (nSPS) is 15.4. The Kier molecular flexibility index (Phi) is 7.12. The van der Waals surface area contributed by atoms with E-state index in [4.69, 9.17) is 28.1 Å². The SMILES string of the molecule is C#CCOc1c(Br)cc(/C=C2/SC(=S)N(CC=C)C2=O)cc1OCC. The van der Waals surface area contributed by atoms with Crippen LogP contribution in [0.15, 0.2) is 34.2 Å². The van der Waals surface area contributed by atoms with Crippen molar-refractivity contribution in [3.8, 4) is 23.8 Å². The summed E-state index contributed by atoms with van der Waals surface area (Å²) >= 11 is 9.98. The number of amides is 1. The maximum Gasteiger partial charge on any atom is 0.266 e. The molecular weight excluding hydrogens is 422 g/mol. The third-order valence-corrected chi connectivity index (χ3v) is 5.08. The lowest BCUT2D eigenvalue weighted by Crippen LogP contribution is -2.27. The number of nitrogens with zero attached hydrogens (tertiary/aromatic N) is 1. The highest BCUT2D eigenvalue weighted by molar-refractivity contribution is 9.10. The van der Waals surface area contributed by atoms with Gasteiger partial charge in [0.15, 0.2) is 11.5 Å². The number of thioether (sulfide) groups is 1. The summed E-state index contributed by atoms with van der Waals surface area (Å²) in [5.41, 5.74) is 0.794. The van der Waals surface area contributed by atoms with Crippen molar-refractivity contribution < 1.29 is 14.3 Å². The molecule has 1 saturated heterocycles. The Bertz CT molecular complexity index is 783. The van der Waals surface area contributed by atoms with E-state index in [1.54, 1.807) is 18.2 Å². The second-order valence-corrected chi connectivity index (χ2v) is 7.37. The van der Waals surface area contributed by atoms with Crippen molar-refractivity contribution in [3.63, 3.8) is 0 Å². The van der Waals surface area contributed by atoms with Crippen molar-refractivity contribution in [2.24, 2.45) is 0 Å². The van der Waals surface area contributed by atoms with Crippen molar-refractivity contribution in [1.82, 2.24) is 4.90 Å². The standard InChI is InChI=1S/C18H16BrNO3S2/c1-4-7-20-17(21)15(25-18(20)24)11-12-9-13(19)16(23-8-5-2)14(10-12)22-6-3/h2,4,9-11H,1,6-8H2,3H3/b15-11+. The quantitative estimate of drug-likeness (QED) is 0.276. The molecule has 0 aromatic heterocycles. The van der Waals surface area contributed by atoms with E-state index in [1.165, 1.54) is 16.7 Å². The van der Waals surface area contributed by atoms with E-state index in [-0.39, 0.29) is 12.5 Å². The van der Waals surface area contributed by atoms with Gasteiger partial charge in [-0.2, -0.15) is 0 Å². The summed E-state index contributed by atoms with van der Waals surface area (Å²) in [6.07, 6.45) is 8.68. The number of carbonyl (C=O) groups is 1. The number of rotatable bonds is 7. The van der Waals surface area contributed by atoms with Gasteiger partial charge in [-0.3, -0.25) is 9.69 Å². The van der Waals surface area contributed by atoms with Gasteiger partial charge >= 0.3 is 0 Å². The molecule has 0 atom stereocenters. The molecule has 1 aromatic carbocycles. The van der Waals surface area contributed by atoms with Gasteiger partial charge in [0.2, 0.25) is 0 Å². The van der Waals surface area contributed by atoms with Crippen LogP contribution in [0.25, 0.3) is 6.08 Å². The molecule has 2 rings (SSSR count). The van der Waals surface area contributed by atoms with E-state index >= 15 is 0 Å². The van der Waals surface area contributed by atoms with Gasteiger partial charge in [0.1, 0.15) is 10.9 Å². The molecule has 0 unspecified atom stereocenters. The summed E-state index contributed by atoms with van der Waals surface area (Å²) in [6.45, 7) is 6.54. The van der Waals surface area contributed by atoms with Crippen LogP contribution in [0.4, 0.5) is 0 Å². The number of benzene rings is 1. The molecule has 130 valence electrons. The molecule has 1 aliphatic rings. The number of hydrogen-bond acceptors (Lipinski definition) is 5. The van der Waals surface area contributed by atoms with Gasteiger partial charge in [0.05, 0.1) is 16.0 Å². The summed E-state index contributed by atoms with van der Waals surface area (Å²) in [7, 11) is 0. The predicted molar refractivity (Wildman–Crippen MR) is 110 cm³/mol. The zero-order valence-corrected chi connectivity index (χ0v) is 16.8. The minimum Gasteiger partial charge on any atom is -0.490 e. The van der Waals surface area contributed by atoms with E-state index in [0.29, 0.717) is 38.3 Å². The van der Waals surface area contributed by atoms with Gasteiger partial charge < -0.3 is 9.47 Å². The minimum absolute atomic E-state index is 0.128. The first-order valence-electron chi connectivity index (χ1n) is 7.40. The number of terminal acetylenes is 1. The molecule has 25 heavy (non-hydrogen) atoms. The summed E-state index contributed by atoms with van der Waals surface area (Å²) in [4.78, 5) is 14.5. The fraction of sp³-hybridized carbons (Fsp3) is 0.222. The topological polar surface area (TPSA) is 38.8 Å². The largest absolute Gasteiger partial charge is 0.490 e. The highest BCUT2D eigenvalue weighted by Gasteiger charge is 2.31. The van der Waals surface area contributed by atoms with Gasteiger partial charge in [-0.1, -0.05) is 36.0 Å². The van der Waals surface area contributed by atoms with Crippen LogP contribution in [0.3, 0.4) is 0 Å². The highest BCUT2D eigenvalue weighted by Crippen LogP contribution is 2.39. The van der Waals surface area contributed by atoms with Crippen molar-refractivity contribution in [1.29, 1.82) is 0 Å². The molecule has 0 saturated carbocycles. The van der Waals surface area contributed by atoms with Gasteiger partial charge in [0.25, 0.3) is 5.91 Å². The Labute approximate surface area is 165 Å². The number of hydrogen-bond donors (Lipinski definition) is 0. The van der Waals surface area contributed by atoms with Crippen LogP contribution in [0, 0.1) is 12.3 Å². The molecule has 1 aromatic rings. The minimum atomic E-state index is -0.128. The highest BCUT2D eigenvalue weighted by atomic mass is 79.9. The van der Waals surface area contributed by atoms with E-state index in [1.807, 2.05) is 13.0 Å². The summed E-state index contributed by atoms with van der Waals surface area (Å²) < 4.78 is 12.4. The molecule has 1 amide bonds. The van der Waals surface area contributed by atoms with Crippen LogP contribution in [-0.2, 0) is 4.79 Å². The average Bonchev–Trinajstić information content (AvgIpc) is 2.82. The third-order valence-electron chi connectivity index (χ3n) is 3.11. The van der Waals surface area contributed by atoms with Crippen LogP contribution in [-0.4, -0.2) is 34.9 Å². The molecule has 0 spiro atoms. The Morgan fingerprint density at radius 2 is 2.24 bits per heavy atom. The predicted octanol–water partition coefficient (Wildman–Crippen LogP) is 4.25. The Morgan fingerprint density at radius 3 is 2.88 bits per heavy atom. The maximum atomic E-state index is 12.4. The second-order valence-electron chi connectivity index (χ2n) is 4.84. The molecule has 0 aliphatic carbocycles. The van der Waals surface area contributed by atoms with Crippen LogP contribution in [0.5, 0.6) is 11.5 Å². The first-order valence-corrected chi connectivity index (χ1v) is 9.42. The zero-order valence-electron chi connectivity index (χ0n) is 13.6. The average molecular weight is 438 g/mol. The Hall–Kier alpha value is -1.75. The second kappa shape index (κ2) is 9.09. The van der Waals surface area contributed by atoms with Crippen molar-refractivity contribution in [2.45, 2.75) is 6.92 Å². The monoisotopic (exact) mass is 437 g/mol. The first kappa shape index (κ1) is 19.6. The maximum absolute atomic E-state index is 12.4. The fourth-order valence-corrected chi connectivity index (χ4v) is 3.98. The van der Waals surface area contributed by atoms with Crippen molar-refractivity contribution in [2.75, 3.05) is 19.8 Å². The molecule has 0 bridgehead atoms. The van der Waals surface area contributed by atoms with Crippen LogP contribution >= 0.6 is 39.9 Å². The molecule has 0 radical (unpaired) electrons. The molecule has 4 nitrogen and oxygen atoms in total. The molecular formula is C18H16BrNO3S2. The van der Waals surface area contributed by atoms with Crippen LogP contribution in [0.2, 0.25) is 0 Å². The van der Waals surface area contributed by atoms with E-state index < -0.39 is 0 Å². The Balaban J connectivity index is 2.37. The molecule has 1 fully saturated rings. The van der Waals surface area contributed by atoms with Crippen molar-refractivity contribution in [3.05, 3.63) is 39.7 Å². The molecule has 0 N–H and O–H groups in total. The van der Waals surface area contributed by atoms with E-state index in [0.717, 1.165) is 5.56 Å². The Morgan fingerprint density at radius 1 is 1.48 bits per heavy atom. The van der Waals surface area contributed by atoms with Crippen LogP contribution in [0.1, 0.15) is 12.5 Å². The van der Waals surface area contributed by atoms with E-state index in [2.05, 4.69) is 28.4 Å². The number of ether oxygens (including phenoxy) is 2. The van der Waals surface area contributed by atoms with Crippen LogP contribution < -0.4 is 9.47 Å². The fourth-order valence-electron chi connectivity index (χ4n) is 2.13. The molecule has 1 heterocycles. The van der Waals surface area contributed by atoms with E-state index in [9.17, 15) is 4.79 Å². The first-order chi connectivity index (χ1) is 12.0.